The van der Waals surface area contributed by atoms with E-state index in [0.717, 1.165) is 13.0 Å². The molecule has 0 saturated heterocycles. The molecule has 0 aromatic heterocycles. The van der Waals surface area contributed by atoms with E-state index in [4.69, 9.17) is 9.47 Å². The number of carbonyl (C=O) groups is 2. The second kappa shape index (κ2) is 13.1. The lowest BCUT2D eigenvalue weighted by Gasteiger charge is -2.29. The van der Waals surface area contributed by atoms with Gasteiger partial charge in [-0.1, -0.05) is 0 Å². The number of rotatable bonds is 11. The van der Waals surface area contributed by atoms with Crippen molar-refractivity contribution in [2.24, 2.45) is 0 Å². The maximum Gasteiger partial charge on any atom is 0.414 e. The van der Waals surface area contributed by atoms with E-state index >= 15 is 0 Å². The predicted molar refractivity (Wildman–Crippen MR) is 132 cm³/mol. The fourth-order valence-electron chi connectivity index (χ4n) is 3.04. The van der Waals surface area contributed by atoms with Crippen molar-refractivity contribution >= 4 is 23.6 Å². The molecule has 1 aromatic carbocycles. The lowest BCUT2D eigenvalue weighted by Crippen LogP contribution is -2.39. The number of ether oxygens (including phenoxy) is 2. The van der Waals surface area contributed by atoms with Gasteiger partial charge in [-0.2, -0.15) is 0 Å². The van der Waals surface area contributed by atoms with Crippen LogP contribution in [0.1, 0.15) is 60.8 Å². The molecule has 1 aromatic rings. The maximum absolute atomic E-state index is 12.8. The van der Waals surface area contributed by atoms with Gasteiger partial charge in [-0.05, 0) is 86.5 Å². The lowest BCUT2D eigenvalue weighted by atomic mass is 10.2. The minimum absolute atomic E-state index is 0.0533. The Hall–Kier alpha value is -2.88. The van der Waals surface area contributed by atoms with Gasteiger partial charge < -0.3 is 19.7 Å². The Labute approximate surface area is 202 Å². The van der Waals surface area contributed by atoms with Gasteiger partial charge in [0.05, 0.1) is 4.92 Å². The summed E-state index contributed by atoms with van der Waals surface area (Å²) in [5, 5.41) is 14.0. The Morgan fingerprint density at radius 1 is 0.882 bits per heavy atom. The lowest BCUT2D eigenvalue weighted by molar-refractivity contribution is -0.384. The summed E-state index contributed by atoms with van der Waals surface area (Å²) in [7, 11) is 1.86. The van der Waals surface area contributed by atoms with Gasteiger partial charge in [-0.3, -0.25) is 15.0 Å². The van der Waals surface area contributed by atoms with E-state index in [1.807, 2.05) is 27.8 Å². The molecule has 0 bridgehead atoms. The van der Waals surface area contributed by atoms with Gasteiger partial charge in [-0.25, -0.2) is 9.59 Å². The molecule has 0 aliphatic carbocycles. The van der Waals surface area contributed by atoms with Gasteiger partial charge >= 0.3 is 12.2 Å². The van der Waals surface area contributed by atoms with Gasteiger partial charge in [0.1, 0.15) is 11.2 Å². The average Bonchev–Trinajstić information content (AvgIpc) is 2.70. The quantitative estimate of drug-likeness (QED) is 0.270. The molecule has 0 saturated carbocycles. The molecule has 0 fully saturated rings. The standard InChI is InChI=1S/C24H40N4O6/c1-23(2,3)33-21(29)26(17-10-15-25-7)16-8-9-18-27(22(30)34-24(4,5)6)19-11-13-20(14-12-19)28(31)32/h11-14,25H,8-10,15-18H2,1-7H3. The fourth-order valence-corrected chi connectivity index (χ4v) is 3.04. The van der Waals surface area contributed by atoms with Crippen LogP contribution in [0.4, 0.5) is 21.0 Å². The number of nitrogens with one attached hydrogen (secondary N) is 1. The Kier molecular flexibility index (Phi) is 11.3. The van der Waals surface area contributed by atoms with E-state index in [1.165, 1.54) is 29.2 Å². The number of anilines is 1. The Morgan fingerprint density at radius 2 is 1.38 bits per heavy atom. The van der Waals surface area contributed by atoms with Gasteiger partial charge in [0, 0.05) is 37.5 Å². The first-order chi connectivity index (χ1) is 15.7. The van der Waals surface area contributed by atoms with Crippen molar-refractivity contribution in [3.8, 4) is 0 Å². The summed E-state index contributed by atoms with van der Waals surface area (Å²) in [6.45, 7) is 13.0. The van der Waals surface area contributed by atoms with Gasteiger partial charge in [0.15, 0.2) is 0 Å². The van der Waals surface area contributed by atoms with E-state index in [2.05, 4.69) is 5.32 Å². The van der Waals surface area contributed by atoms with E-state index in [9.17, 15) is 19.7 Å². The number of nitrogens with zero attached hydrogens (tertiary/aromatic N) is 3. The zero-order valence-electron chi connectivity index (χ0n) is 21.6. The molecule has 0 radical (unpaired) electrons. The highest BCUT2D eigenvalue weighted by atomic mass is 16.6. The van der Waals surface area contributed by atoms with Gasteiger partial charge in [0.25, 0.3) is 5.69 Å². The van der Waals surface area contributed by atoms with E-state index in [1.54, 1.807) is 25.7 Å². The normalized spacial score (nSPS) is 11.6. The maximum atomic E-state index is 12.8. The second-order valence-electron chi connectivity index (χ2n) is 10.0. The molecule has 1 rings (SSSR count). The van der Waals surface area contributed by atoms with Crippen LogP contribution in [0.25, 0.3) is 0 Å². The van der Waals surface area contributed by atoms with Gasteiger partial charge in [-0.15, -0.1) is 0 Å². The number of carbonyl (C=O) groups excluding carboxylic acids is 2. The van der Waals surface area contributed by atoms with Crippen LogP contribution in [0.2, 0.25) is 0 Å². The SMILES string of the molecule is CNCCCN(CCCCN(C(=O)OC(C)(C)C)c1ccc([N+](=O)[O-])cc1)C(=O)OC(C)(C)C. The highest BCUT2D eigenvalue weighted by molar-refractivity contribution is 5.88. The summed E-state index contributed by atoms with van der Waals surface area (Å²) < 4.78 is 11.1. The average molecular weight is 481 g/mol. The van der Waals surface area contributed by atoms with Crippen LogP contribution in [0.15, 0.2) is 24.3 Å². The van der Waals surface area contributed by atoms with Crippen LogP contribution < -0.4 is 10.2 Å². The Morgan fingerprint density at radius 3 is 1.88 bits per heavy atom. The van der Waals surface area contributed by atoms with Crippen LogP contribution in [-0.2, 0) is 9.47 Å². The first-order valence-corrected chi connectivity index (χ1v) is 11.6. The summed E-state index contributed by atoms with van der Waals surface area (Å²) in [5.74, 6) is 0. The molecule has 0 spiro atoms. The van der Waals surface area contributed by atoms with E-state index in [-0.39, 0.29) is 11.8 Å². The van der Waals surface area contributed by atoms with Crippen molar-refractivity contribution in [1.82, 2.24) is 10.2 Å². The van der Waals surface area contributed by atoms with Crippen molar-refractivity contribution in [2.45, 2.75) is 72.0 Å². The summed E-state index contributed by atoms with van der Waals surface area (Å²) >= 11 is 0. The smallest absolute Gasteiger partial charge is 0.414 e. The monoisotopic (exact) mass is 480 g/mol. The number of non-ortho nitro benzene ring substituents is 1. The second-order valence-corrected chi connectivity index (χ2v) is 10.0. The minimum Gasteiger partial charge on any atom is -0.444 e. The van der Waals surface area contributed by atoms with Crippen LogP contribution in [0.5, 0.6) is 0 Å². The number of nitro benzene ring substituents is 1. The van der Waals surface area contributed by atoms with E-state index in [0.29, 0.717) is 38.2 Å². The highest BCUT2D eigenvalue weighted by Crippen LogP contribution is 2.22. The molecular weight excluding hydrogens is 440 g/mol. The summed E-state index contributed by atoms with van der Waals surface area (Å²) in [6.07, 6.45) is 1.15. The zero-order chi connectivity index (χ0) is 25.9. The molecular formula is C24H40N4O6. The number of unbranched alkanes of at least 4 members (excludes halogenated alkanes) is 1. The topological polar surface area (TPSA) is 114 Å². The summed E-state index contributed by atoms with van der Waals surface area (Å²) in [6, 6.07) is 5.79. The van der Waals surface area contributed by atoms with Crippen LogP contribution >= 0.6 is 0 Å². The Balaban J connectivity index is 2.85. The number of amides is 2. The molecule has 10 nitrogen and oxygen atoms in total. The molecule has 192 valence electrons. The molecule has 0 atom stereocenters. The first-order valence-electron chi connectivity index (χ1n) is 11.6. The third kappa shape index (κ3) is 11.3. The molecule has 0 unspecified atom stereocenters. The highest BCUT2D eigenvalue weighted by Gasteiger charge is 2.25. The molecule has 0 heterocycles. The van der Waals surface area contributed by atoms with Crippen molar-refractivity contribution < 1.29 is 24.0 Å². The number of hydrogen-bond acceptors (Lipinski definition) is 7. The molecule has 0 aliphatic heterocycles. The van der Waals surface area contributed by atoms with Crippen molar-refractivity contribution in [1.29, 1.82) is 0 Å². The molecule has 0 aliphatic rings. The molecule has 1 N–H and O–H groups in total. The van der Waals surface area contributed by atoms with Crippen LogP contribution in [-0.4, -0.2) is 66.4 Å². The van der Waals surface area contributed by atoms with Crippen LogP contribution in [0, 0.1) is 10.1 Å². The third-order valence-electron chi connectivity index (χ3n) is 4.55. The van der Waals surface area contributed by atoms with Crippen molar-refractivity contribution in [2.75, 3.05) is 38.1 Å². The minimum atomic E-state index is -0.684. The van der Waals surface area contributed by atoms with Crippen molar-refractivity contribution in [3.05, 3.63) is 34.4 Å². The fraction of sp³-hybridized carbons (Fsp3) is 0.667. The number of nitro groups is 1. The van der Waals surface area contributed by atoms with E-state index < -0.39 is 22.2 Å². The largest absolute Gasteiger partial charge is 0.444 e. The number of hydrogen-bond donors (Lipinski definition) is 1. The molecule has 10 heteroatoms. The molecule has 34 heavy (non-hydrogen) atoms. The predicted octanol–water partition coefficient (Wildman–Crippen LogP) is 4.96. The zero-order valence-corrected chi connectivity index (χ0v) is 21.6. The summed E-state index contributed by atoms with van der Waals surface area (Å²) in [4.78, 5) is 39.1. The van der Waals surface area contributed by atoms with Crippen LogP contribution in [0.3, 0.4) is 0 Å². The first kappa shape index (κ1) is 29.2. The number of benzene rings is 1. The van der Waals surface area contributed by atoms with Crippen molar-refractivity contribution in [3.63, 3.8) is 0 Å². The third-order valence-corrected chi connectivity index (χ3v) is 4.55. The summed E-state index contributed by atoms with van der Waals surface area (Å²) in [5.41, 5.74) is -0.807. The van der Waals surface area contributed by atoms with Gasteiger partial charge in [0.2, 0.25) is 0 Å². The Bertz CT molecular complexity index is 799. The molecule has 2 amide bonds.